The molecule has 0 aliphatic carbocycles. The number of rotatable bonds is 7. The van der Waals surface area contributed by atoms with Gasteiger partial charge in [-0.25, -0.2) is 0 Å². The Morgan fingerprint density at radius 1 is 1.06 bits per heavy atom. The Morgan fingerprint density at radius 3 is 2.45 bits per heavy atom. The Kier molecular flexibility index (Phi) is 8.71. The van der Waals surface area contributed by atoms with Gasteiger partial charge in [0.1, 0.15) is 12.0 Å². The third-order valence-electron chi connectivity index (χ3n) is 5.06. The van der Waals surface area contributed by atoms with E-state index in [-0.39, 0.29) is 6.61 Å². The van der Waals surface area contributed by atoms with E-state index in [2.05, 4.69) is 5.32 Å². The molecule has 0 saturated heterocycles. The Morgan fingerprint density at radius 2 is 1.85 bits per heavy atom. The summed E-state index contributed by atoms with van der Waals surface area (Å²) in [4.78, 5) is 11.8. The standard InChI is InChI=1S/C18H14O3.C8H12N2OS/c19-10-13-5-6-17(15(9-13)11-20)18-4-2-1-3-16(18)14-7-8-21-12-14;1-10-6-3-4-8(12-9)7(5-6)11-2/h1-10,12,20H,11H2;3-5,10H,9H2,1-2H3. The van der Waals surface area contributed by atoms with Crippen molar-refractivity contribution in [3.05, 3.63) is 90.4 Å². The Hall–Kier alpha value is -3.52. The number of aliphatic hydroxyl groups excluding tert-OH is 1. The van der Waals surface area contributed by atoms with Crippen molar-refractivity contribution in [3.63, 3.8) is 0 Å². The van der Waals surface area contributed by atoms with Crippen molar-refractivity contribution >= 4 is 23.9 Å². The number of carbonyl (C=O) groups excluding carboxylic acids is 1. The Balaban J connectivity index is 0.000000218. The normalized spacial score (nSPS) is 10.2. The minimum atomic E-state index is -0.114. The number of hydrogen-bond acceptors (Lipinski definition) is 7. The molecule has 0 atom stereocenters. The zero-order valence-electron chi connectivity index (χ0n) is 18.4. The molecule has 0 fully saturated rings. The van der Waals surface area contributed by atoms with Crippen LogP contribution in [0.3, 0.4) is 0 Å². The number of anilines is 1. The number of aliphatic hydroxyl groups is 1. The molecule has 1 heterocycles. The van der Waals surface area contributed by atoms with Gasteiger partial charge in [-0.05, 0) is 58.5 Å². The van der Waals surface area contributed by atoms with Gasteiger partial charge in [0, 0.05) is 29.9 Å². The van der Waals surface area contributed by atoms with Gasteiger partial charge < -0.3 is 19.6 Å². The van der Waals surface area contributed by atoms with Crippen molar-refractivity contribution in [1.29, 1.82) is 0 Å². The maximum Gasteiger partial charge on any atom is 0.150 e. The van der Waals surface area contributed by atoms with Gasteiger partial charge in [0.25, 0.3) is 0 Å². The van der Waals surface area contributed by atoms with E-state index < -0.39 is 0 Å². The first-order valence-electron chi connectivity index (χ1n) is 10.2. The topological polar surface area (TPSA) is 97.7 Å². The number of furan rings is 1. The van der Waals surface area contributed by atoms with Gasteiger partial charge in [-0.2, -0.15) is 0 Å². The molecule has 4 rings (SSSR count). The van der Waals surface area contributed by atoms with Crippen LogP contribution in [0.4, 0.5) is 5.69 Å². The lowest BCUT2D eigenvalue weighted by atomic mass is 9.92. The largest absolute Gasteiger partial charge is 0.495 e. The molecular formula is C26H26N2O4S. The molecular weight excluding hydrogens is 436 g/mol. The molecule has 0 spiro atoms. The highest BCUT2D eigenvalue weighted by Crippen LogP contribution is 2.34. The molecule has 0 bridgehead atoms. The summed E-state index contributed by atoms with van der Waals surface area (Å²) in [5, 5.41) is 18.0. The van der Waals surface area contributed by atoms with E-state index in [1.54, 1.807) is 31.8 Å². The number of hydrogen-bond donors (Lipinski definition) is 3. The fourth-order valence-electron chi connectivity index (χ4n) is 3.39. The number of nitrogens with two attached hydrogens (primary N) is 1. The Bertz CT molecular complexity index is 1190. The molecule has 1 aromatic heterocycles. The zero-order chi connectivity index (χ0) is 23.6. The molecule has 4 N–H and O–H groups in total. The van der Waals surface area contributed by atoms with Crippen LogP contribution in [0.5, 0.6) is 5.75 Å². The van der Waals surface area contributed by atoms with E-state index in [0.29, 0.717) is 5.56 Å². The van der Waals surface area contributed by atoms with Crippen LogP contribution < -0.4 is 15.2 Å². The number of ether oxygens (including phenoxy) is 1. The van der Waals surface area contributed by atoms with Crippen LogP contribution in [0.1, 0.15) is 15.9 Å². The van der Waals surface area contributed by atoms with Crippen LogP contribution in [-0.2, 0) is 6.61 Å². The second-order valence-corrected chi connectivity index (χ2v) is 7.66. The number of carbonyl (C=O) groups is 1. The van der Waals surface area contributed by atoms with Crippen LogP contribution in [0.15, 0.2) is 88.6 Å². The molecule has 170 valence electrons. The third kappa shape index (κ3) is 5.84. The summed E-state index contributed by atoms with van der Waals surface area (Å²) in [6.45, 7) is -0.114. The highest BCUT2D eigenvalue weighted by Gasteiger charge is 2.11. The highest BCUT2D eigenvalue weighted by molar-refractivity contribution is 7.97. The second-order valence-electron chi connectivity index (χ2n) is 6.98. The zero-order valence-corrected chi connectivity index (χ0v) is 19.3. The summed E-state index contributed by atoms with van der Waals surface area (Å²) in [5.74, 6) is 0.800. The molecule has 0 radical (unpaired) electrons. The van der Waals surface area contributed by atoms with Gasteiger partial charge in [0.2, 0.25) is 0 Å². The molecule has 7 heteroatoms. The molecule has 3 aromatic carbocycles. The van der Waals surface area contributed by atoms with Crippen LogP contribution in [-0.4, -0.2) is 25.6 Å². The summed E-state index contributed by atoms with van der Waals surface area (Å²) < 4.78 is 10.3. The predicted octanol–water partition coefficient (Wildman–Crippen LogP) is 5.62. The van der Waals surface area contributed by atoms with E-state index >= 15 is 0 Å². The fourth-order valence-corrected chi connectivity index (χ4v) is 3.79. The maximum absolute atomic E-state index is 10.9. The van der Waals surface area contributed by atoms with Crippen molar-refractivity contribution in [2.75, 3.05) is 19.5 Å². The van der Waals surface area contributed by atoms with Gasteiger partial charge in [-0.1, -0.05) is 36.4 Å². The third-order valence-corrected chi connectivity index (χ3v) is 5.66. The van der Waals surface area contributed by atoms with Gasteiger partial charge in [-0.3, -0.25) is 9.93 Å². The lowest BCUT2D eigenvalue weighted by molar-refractivity contribution is 0.112. The quantitative estimate of drug-likeness (QED) is 0.242. The molecule has 0 unspecified atom stereocenters. The molecule has 0 aliphatic rings. The predicted molar refractivity (Wildman–Crippen MR) is 133 cm³/mol. The van der Waals surface area contributed by atoms with Gasteiger partial charge in [0.05, 0.1) is 31.1 Å². The first-order chi connectivity index (χ1) is 16.1. The summed E-state index contributed by atoms with van der Waals surface area (Å²) in [5.41, 5.74) is 6.23. The molecule has 6 nitrogen and oxygen atoms in total. The SMILES string of the molecule is CNc1ccc(SN)c(OC)c1.O=Cc1ccc(-c2ccccc2-c2ccoc2)c(CO)c1. The summed E-state index contributed by atoms with van der Waals surface area (Å²) in [7, 11) is 3.50. The highest BCUT2D eigenvalue weighted by atomic mass is 32.2. The summed E-state index contributed by atoms with van der Waals surface area (Å²) >= 11 is 1.19. The molecule has 0 saturated carbocycles. The molecule has 0 amide bonds. The van der Waals surface area contributed by atoms with E-state index in [1.165, 1.54) is 11.9 Å². The van der Waals surface area contributed by atoms with Crippen molar-refractivity contribution in [2.24, 2.45) is 5.14 Å². The lowest BCUT2D eigenvalue weighted by Gasteiger charge is -2.12. The van der Waals surface area contributed by atoms with Crippen molar-refractivity contribution < 1.29 is 19.1 Å². The van der Waals surface area contributed by atoms with Crippen molar-refractivity contribution in [3.8, 4) is 28.0 Å². The smallest absolute Gasteiger partial charge is 0.150 e. The van der Waals surface area contributed by atoms with Crippen LogP contribution in [0.2, 0.25) is 0 Å². The maximum atomic E-state index is 10.9. The van der Waals surface area contributed by atoms with Crippen molar-refractivity contribution in [1.82, 2.24) is 0 Å². The average molecular weight is 463 g/mol. The number of benzene rings is 3. The van der Waals surface area contributed by atoms with Gasteiger partial charge >= 0.3 is 0 Å². The number of aldehydes is 1. The molecule has 4 aromatic rings. The van der Waals surface area contributed by atoms with E-state index in [1.807, 2.05) is 61.6 Å². The average Bonchev–Trinajstić information content (AvgIpc) is 3.43. The van der Waals surface area contributed by atoms with Crippen LogP contribution >= 0.6 is 11.9 Å². The van der Waals surface area contributed by atoms with E-state index in [9.17, 15) is 9.90 Å². The minimum absolute atomic E-state index is 0.114. The molecule has 0 aliphatic heterocycles. The van der Waals surface area contributed by atoms with E-state index in [4.69, 9.17) is 14.3 Å². The second kappa shape index (κ2) is 11.9. The lowest BCUT2D eigenvalue weighted by Crippen LogP contribution is -1.93. The van der Waals surface area contributed by atoms with E-state index in [0.717, 1.165) is 50.4 Å². The first-order valence-corrected chi connectivity index (χ1v) is 11.1. The monoisotopic (exact) mass is 462 g/mol. The van der Waals surface area contributed by atoms with Crippen LogP contribution in [0, 0.1) is 0 Å². The minimum Gasteiger partial charge on any atom is -0.495 e. The summed E-state index contributed by atoms with van der Waals surface area (Å²) in [6.07, 6.45) is 4.11. The summed E-state index contributed by atoms with van der Waals surface area (Å²) in [6, 6.07) is 21.0. The fraction of sp³-hybridized carbons (Fsp3) is 0.115. The van der Waals surface area contributed by atoms with Gasteiger partial charge in [-0.15, -0.1) is 0 Å². The number of nitrogens with one attached hydrogen (secondary N) is 1. The van der Waals surface area contributed by atoms with Crippen molar-refractivity contribution in [2.45, 2.75) is 11.5 Å². The van der Waals surface area contributed by atoms with Crippen LogP contribution in [0.25, 0.3) is 22.3 Å². The Labute approximate surface area is 197 Å². The molecule has 33 heavy (non-hydrogen) atoms. The first kappa shape index (κ1) is 24.1. The number of methoxy groups -OCH3 is 1. The van der Waals surface area contributed by atoms with Gasteiger partial charge in [0.15, 0.2) is 0 Å².